The molecule has 0 fully saturated rings. The van der Waals surface area contributed by atoms with E-state index in [-0.39, 0.29) is 5.91 Å². The van der Waals surface area contributed by atoms with E-state index >= 15 is 0 Å². The zero-order chi connectivity index (χ0) is 11.1. The smallest absolute Gasteiger partial charge is 0.225 e. The molecule has 1 aromatic rings. The van der Waals surface area contributed by atoms with Crippen LogP contribution in [0.4, 0.5) is 5.82 Å². The second kappa shape index (κ2) is 6.37. The summed E-state index contributed by atoms with van der Waals surface area (Å²) in [6.07, 6.45) is 2.66. The molecule has 1 rings (SSSR count). The third-order valence-electron chi connectivity index (χ3n) is 1.74. The molecule has 4 nitrogen and oxygen atoms in total. The van der Waals surface area contributed by atoms with Crippen molar-refractivity contribution in [3.8, 4) is 0 Å². The van der Waals surface area contributed by atoms with Crippen LogP contribution in [0.25, 0.3) is 0 Å². The molecule has 82 valence electrons. The van der Waals surface area contributed by atoms with Crippen molar-refractivity contribution in [1.29, 1.82) is 0 Å². The van der Waals surface area contributed by atoms with E-state index in [1.807, 2.05) is 0 Å². The van der Waals surface area contributed by atoms with Gasteiger partial charge in [-0.2, -0.15) is 0 Å². The Morgan fingerprint density at radius 3 is 3.13 bits per heavy atom. The first-order chi connectivity index (χ1) is 7.22. The molecule has 0 aliphatic rings. The van der Waals surface area contributed by atoms with Gasteiger partial charge in [-0.15, -0.1) is 0 Å². The average Bonchev–Trinajstić information content (AvgIpc) is 2.18. The minimum atomic E-state index is -0.0817. The van der Waals surface area contributed by atoms with Crippen LogP contribution in [0.15, 0.2) is 18.3 Å². The van der Waals surface area contributed by atoms with Gasteiger partial charge in [0.25, 0.3) is 0 Å². The number of hydrogen-bond donors (Lipinski definition) is 1. The van der Waals surface area contributed by atoms with E-state index in [9.17, 15) is 4.79 Å². The molecule has 1 amide bonds. The molecule has 1 heterocycles. The summed E-state index contributed by atoms with van der Waals surface area (Å²) in [4.78, 5) is 15.3. The quantitative estimate of drug-likeness (QED) is 0.786. The van der Waals surface area contributed by atoms with Crippen LogP contribution in [0.1, 0.15) is 12.8 Å². The lowest BCUT2D eigenvalue weighted by molar-refractivity contribution is -0.116. The third kappa shape index (κ3) is 4.76. The van der Waals surface area contributed by atoms with Crippen molar-refractivity contribution in [3.05, 3.63) is 23.4 Å². The summed E-state index contributed by atoms with van der Waals surface area (Å²) in [5.74, 6) is 0.395. The van der Waals surface area contributed by atoms with Crippen molar-refractivity contribution in [2.45, 2.75) is 12.8 Å². The molecule has 5 heteroatoms. The number of nitrogens with one attached hydrogen (secondary N) is 1. The highest BCUT2D eigenvalue weighted by Crippen LogP contribution is 2.11. The fourth-order valence-corrected chi connectivity index (χ4v) is 1.22. The van der Waals surface area contributed by atoms with E-state index in [0.29, 0.717) is 30.3 Å². The van der Waals surface area contributed by atoms with Gasteiger partial charge in [-0.3, -0.25) is 4.79 Å². The molecular weight excluding hydrogens is 216 g/mol. The number of ether oxygens (including phenoxy) is 1. The van der Waals surface area contributed by atoms with Gasteiger partial charge in [0.1, 0.15) is 5.82 Å². The number of rotatable bonds is 5. The van der Waals surface area contributed by atoms with Crippen molar-refractivity contribution >= 4 is 23.3 Å². The monoisotopic (exact) mass is 228 g/mol. The summed E-state index contributed by atoms with van der Waals surface area (Å²) in [5.41, 5.74) is 0. The first-order valence-electron chi connectivity index (χ1n) is 4.62. The normalized spacial score (nSPS) is 10.0. The Balaban J connectivity index is 2.37. The Morgan fingerprint density at radius 1 is 1.67 bits per heavy atom. The Hall–Kier alpha value is -1.13. The van der Waals surface area contributed by atoms with Crippen LogP contribution in [0.5, 0.6) is 0 Å². The summed E-state index contributed by atoms with van der Waals surface area (Å²) in [5, 5.41) is 3.20. The molecule has 1 aromatic heterocycles. The predicted molar refractivity (Wildman–Crippen MR) is 59.0 cm³/mol. The van der Waals surface area contributed by atoms with E-state index in [1.54, 1.807) is 25.4 Å². The van der Waals surface area contributed by atoms with Crippen LogP contribution in [0, 0.1) is 0 Å². The fraction of sp³-hybridized carbons (Fsp3) is 0.400. The molecule has 1 N–H and O–H groups in total. The zero-order valence-electron chi connectivity index (χ0n) is 8.50. The Kier molecular flexibility index (Phi) is 5.07. The molecule has 0 atom stereocenters. The Labute approximate surface area is 93.6 Å². The highest BCUT2D eigenvalue weighted by molar-refractivity contribution is 6.30. The molecule has 0 bridgehead atoms. The van der Waals surface area contributed by atoms with Crippen LogP contribution in [0.3, 0.4) is 0 Å². The van der Waals surface area contributed by atoms with Gasteiger partial charge in [-0.05, 0) is 18.6 Å². The highest BCUT2D eigenvalue weighted by atomic mass is 35.5. The van der Waals surface area contributed by atoms with E-state index in [1.165, 1.54) is 0 Å². The number of aromatic nitrogens is 1. The predicted octanol–water partition coefficient (Wildman–Crippen LogP) is 2.10. The first kappa shape index (κ1) is 11.9. The molecule has 0 spiro atoms. The number of pyridine rings is 1. The standard InChI is InChI=1S/C10H13ClN2O2/c1-15-6-2-3-10(14)13-9-7-8(11)4-5-12-9/h4-5,7H,2-3,6H2,1H3,(H,12,13,14). The number of carbonyl (C=O) groups excluding carboxylic acids is 1. The number of carbonyl (C=O) groups is 1. The molecule has 0 saturated heterocycles. The topological polar surface area (TPSA) is 51.2 Å². The van der Waals surface area contributed by atoms with Crippen molar-refractivity contribution in [2.24, 2.45) is 0 Å². The van der Waals surface area contributed by atoms with Crippen LogP contribution in [-0.4, -0.2) is 24.6 Å². The summed E-state index contributed by atoms with van der Waals surface area (Å²) >= 11 is 5.74. The Morgan fingerprint density at radius 2 is 2.47 bits per heavy atom. The molecule has 0 saturated carbocycles. The number of nitrogens with zero attached hydrogens (tertiary/aromatic N) is 1. The van der Waals surface area contributed by atoms with Gasteiger partial charge in [0.2, 0.25) is 5.91 Å². The minimum Gasteiger partial charge on any atom is -0.385 e. The average molecular weight is 229 g/mol. The second-order valence-electron chi connectivity index (χ2n) is 3.00. The van der Waals surface area contributed by atoms with Gasteiger partial charge in [-0.25, -0.2) is 4.98 Å². The SMILES string of the molecule is COCCCC(=O)Nc1cc(Cl)ccn1. The lowest BCUT2D eigenvalue weighted by Crippen LogP contribution is -2.12. The van der Waals surface area contributed by atoms with Crippen LogP contribution >= 0.6 is 11.6 Å². The van der Waals surface area contributed by atoms with Crippen LogP contribution in [0.2, 0.25) is 5.02 Å². The minimum absolute atomic E-state index is 0.0817. The van der Waals surface area contributed by atoms with Crippen LogP contribution in [-0.2, 0) is 9.53 Å². The van der Waals surface area contributed by atoms with Gasteiger partial charge in [-0.1, -0.05) is 11.6 Å². The van der Waals surface area contributed by atoms with Crippen molar-refractivity contribution in [1.82, 2.24) is 4.98 Å². The number of amides is 1. The largest absolute Gasteiger partial charge is 0.385 e. The lowest BCUT2D eigenvalue weighted by atomic mass is 10.3. The lowest BCUT2D eigenvalue weighted by Gasteiger charge is -2.03. The summed E-state index contributed by atoms with van der Waals surface area (Å²) < 4.78 is 4.84. The molecule has 0 aliphatic heterocycles. The van der Waals surface area contributed by atoms with E-state index < -0.39 is 0 Å². The van der Waals surface area contributed by atoms with Crippen molar-refractivity contribution in [2.75, 3.05) is 19.0 Å². The number of hydrogen-bond acceptors (Lipinski definition) is 3. The third-order valence-corrected chi connectivity index (χ3v) is 1.98. The van der Waals surface area contributed by atoms with Gasteiger partial charge in [0.15, 0.2) is 0 Å². The molecule has 0 radical (unpaired) electrons. The Bertz CT molecular complexity index is 331. The number of anilines is 1. The second-order valence-corrected chi connectivity index (χ2v) is 3.44. The summed E-state index contributed by atoms with van der Waals surface area (Å²) in [6.45, 7) is 0.580. The fourth-order valence-electron chi connectivity index (χ4n) is 1.06. The molecule has 0 aromatic carbocycles. The van der Waals surface area contributed by atoms with E-state index in [0.717, 1.165) is 0 Å². The molecule has 0 aliphatic carbocycles. The van der Waals surface area contributed by atoms with Crippen molar-refractivity contribution < 1.29 is 9.53 Å². The number of halogens is 1. The highest BCUT2D eigenvalue weighted by Gasteiger charge is 2.02. The van der Waals surface area contributed by atoms with Gasteiger partial charge >= 0.3 is 0 Å². The zero-order valence-corrected chi connectivity index (χ0v) is 9.25. The van der Waals surface area contributed by atoms with E-state index in [2.05, 4.69) is 10.3 Å². The molecule has 0 unspecified atom stereocenters. The van der Waals surface area contributed by atoms with Crippen LogP contribution < -0.4 is 5.32 Å². The molecule has 15 heavy (non-hydrogen) atoms. The maximum absolute atomic E-state index is 11.3. The van der Waals surface area contributed by atoms with Gasteiger partial charge < -0.3 is 10.1 Å². The van der Waals surface area contributed by atoms with Gasteiger partial charge in [0.05, 0.1) is 0 Å². The van der Waals surface area contributed by atoms with Gasteiger partial charge in [0, 0.05) is 31.4 Å². The van der Waals surface area contributed by atoms with E-state index in [4.69, 9.17) is 16.3 Å². The first-order valence-corrected chi connectivity index (χ1v) is 5.00. The summed E-state index contributed by atoms with van der Waals surface area (Å²) in [6, 6.07) is 3.26. The molecular formula is C10H13ClN2O2. The summed E-state index contributed by atoms with van der Waals surface area (Å²) in [7, 11) is 1.61. The van der Waals surface area contributed by atoms with Crippen molar-refractivity contribution in [3.63, 3.8) is 0 Å². The maximum Gasteiger partial charge on any atom is 0.225 e. The maximum atomic E-state index is 11.3. The number of methoxy groups -OCH3 is 1.